The van der Waals surface area contributed by atoms with E-state index in [-0.39, 0.29) is 10.7 Å². The predicted molar refractivity (Wildman–Crippen MR) is 67.4 cm³/mol. The number of nitrogens with one attached hydrogen (secondary N) is 1. The van der Waals surface area contributed by atoms with E-state index in [2.05, 4.69) is 9.82 Å². The number of anilines is 1. The quantitative estimate of drug-likeness (QED) is 0.879. The smallest absolute Gasteiger partial charge is 0.338 e. The van der Waals surface area contributed by atoms with Gasteiger partial charge in [0.1, 0.15) is 5.82 Å². The number of rotatable bonds is 4. The zero-order chi connectivity index (χ0) is 14.9. The molecule has 2 N–H and O–H groups in total. The first kappa shape index (κ1) is 14.0. The summed E-state index contributed by atoms with van der Waals surface area (Å²) in [6.45, 7) is 0. The Hall–Kier alpha value is -2.42. The fourth-order valence-corrected chi connectivity index (χ4v) is 2.76. The van der Waals surface area contributed by atoms with Gasteiger partial charge in [-0.2, -0.15) is 13.5 Å². The van der Waals surface area contributed by atoms with Crippen molar-refractivity contribution in [3.63, 3.8) is 0 Å². The number of hydrogen-bond donors (Lipinski definition) is 2. The molecule has 0 aliphatic heterocycles. The maximum Gasteiger partial charge on any atom is 0.338 e. The molecule has 0 radical (unpaired) electrons. The van der Waals surface area contributed by atoms with E-state index in [0.29, 0.717) is 0 Å². The summed E-state index contributed by atoms with van der Waals surface area (Å²) in [6.07, 6.45) is 1.31. The number of carbonyl (C=O) groups is 1. The van der Waals surface area contributed by atoms with Crippen LogP contribution in [0.2, 0.25) is 0 Å². The van der Waals surface area contributed by atoms with Gasteiger partial charge in [-0.25, -0.2) is 9.18 Å². The lowest BCUT2D eigenvalue weighted by Gasteiger charge is -2.09. The van der Waals surface area contributed by atoms with Gasteiger partial charge >= 0.3 is 5.97 Å². The molecule has 7 nitrogen and oxygen atoms in total. The molecule has 9 heteroatoms. The van der Waals surface area contributed by atoms with Gasteiger partial charge in [0, 0.05) is 12.7 Å². The van der Waals surface area contributed by atoms with E-state index in [9.17, 15) is 17.6 Å². The fourth-order valence-electron chi connectivity index (χ4n) is 1.59. The van der Waals surface area contributed by atoms with Crippen molar-refractivity contribution < 1.29 is 22.7 Å². The van der Waals surface area contributed by atoms with Crippen LogP contribution in [0.15, 0.2) is 35.5 Å². The second-order valence-electron chi connectivity index (χ2n) is 3.90. The van der Waals surface area contributed by atoms with E-state index >= 15 is 0 Å². The number of carboxylic acid groups (broad SMARTS) is 1. The predicted octanol–water partition coefficient (Wildman–Crippen LogP) is 1.06. The maximum absolute atomic E-state index is 13.2. The summed E-state index contributed by atoms with van der Waals surface area (Å²) in [5.74, 6) is -2.43. The highest BCUT2D eigenvalue weighted by Crippen LogP contribution is 2.18. The molecule has 0 saturated heterocycles. The Labute approximate surface area is 113 Å². The lowest BCUT2D eigenvalue weighted by molar-refractivity contribution is 0.0692. The Kier molecular flexibility index (Phi) is 3.45. The Morgan fingerprint density at radius 3 is 2.65 bits per heavy atom. The largest absolute Gasteiger partial charge is 0.478 e. The monoisotopic (exact) mass is 299 g/mol. The first-order chi connectivity index (χ1) is 9.31. The Morgan fingerprint density at radius 1 is 1.40 bits per heavy atom. The first-order valence-electron chi connectivity index (χ1n) is 5.35. The van der Waals surface area contributed by atoms with Gasteiger partial charge in [0.15, 0.2) is 5.03 Å². The molecule has 1 aromatic carbocycles. The van der Waals surface area contributed by atoms with E-state index in [1.54, 1.807) is 0 Å². The van der Waals surface area contributed by atoms with Crippen molar-refractivity contribution in [2.24, 2.45) is 7.05 Å². The summed E-state index contributed by atoms with van der Waals surface area (Å²) >= 11 is 0. The van der Waals surface area contributed by atoms with Gasteiger partial charge in [-0.3, -0.25) is 9.40 Å². The average Bonchev–Trinajstić information content (AvgIpc) is 2.78. The zero-order valence-electron chi connectivity index (χ0n) is 10.2. The van der Waals surface area contributed by atoms with Crippen molar-refractivity contribution in [2.75, 3.05) is 4.72 Å². The van der Waals surface area contributed by atoms with Crippen LogP contribution < -0.4 is 4.72 Å². The minimum Gasteiger partial charge on any atom is -0.478 e. The molecule has 1 heterocycles. The average molecular weight is 299 g/mol. The lowest BCUT2D eigenvalue weighted by atomic mass is 10.2. The molecule has 106 valence electrons. The number of aromatic nitrogens is 2. The molecule has 0 atom stereocenters. The zero-order valence-corrected chi connectivity index (χ0v) is 11.1. The van der Waals surface area contributed by atoms with Crippen LogP contribution in [0.25, 0.3) is 0 Å². The number of aryl methyl sites for hydroxylation is 1. The lowest BCUT2D eigenvalue weighted by Crippen LogP contribution is -2.17. The molecular weight excluding hydrogens is 289 g/mol. The van der Waals surface area contributed by atoms with Crippen LogP contribution in [0.4, 0.5) is 10.1 Å². The van der Waals surface area contributed by atoms with Crippen LogP contribution in [0.3, 0.4) is 0 Å². The number of aromatic carboxylic acids is 1. The molecular formula is C11H10FN3O4S. The maximum atomic E-state index is 13.2. The first-order valence-corrected chi connectivity index (χ1v) is 6.83. The number of carboxylic acids is 1. The molecule has 20 heavy (non-hydrogen) atoms. The van der Waals surface area contributed by atoms with Gasteiger partial charge in [-0.05, 0) is 24.3 Å². The number of sulfonamides is 1. The van der Waals surface area contributed by atoms with Gasteiger partial charge < -0.3 is 5.11 Å². The van der Waals surface area contributed by atoms with Crippen molar-refractivity contribution in [1.29, 1.82) is 0 Å². The molecule has 0 saturated carbocycles. The van der Waals surface area contributed by atoms with E-state index < -0.39 is 27.4 Å². The van der Waals surface area contributed by atoms with Crippen LogP contribution in [0.1, 0.15) is 10.4 Å². The third-order valence-electron chi connectivity index (χ3n) is 2.50. The van der Waals surface area contributed by atoms with Crippen LogP contribution in [0, 0.1) is 5.82 Å². The van der Waals surface area contributed by atoms with Gasteiger partial charge in [-0.15, -0.1) is 0 Å². The molecule has 0 aliphatic rings. The Morgan fingerprint density at radius 2 is 2.10 bits per heavy atom. The highest BCUT2D eigenvalue weighted by Gasteiger charge is 2.19. The van der Waals surface area contributed by atoms with Gasteiger partial charge in [0.05, 0.1) is 11.8 Å². The summed E-state index contributed by atoms with van der Waals surface area (Å²) in [5, 5.41) is 12.4. The normalized spacial score (nSPS) is 11.3. The molecule has 0 spiro atoms. The van der Waals surface area contributed by atoms with Crippen molar-refractivity contribution in [1.82, 2.24) is 9.78 Å². The summed E-state index contributed by atoms with van der Waals surface area (Å²) in [4.78, 5) is 10.8. The molecule has 2 aromatic rings. The highest BCUT2D eigenvalue weighted by atomic mass is 32.2. The van der Waals surface area contributed by atoms with Gasteiger partial charge in [0.25, 0.3) is 10.0 Å². The van der Waals surface area contributed by atoms with E-state index in [1.165, 1.54) is 19.3 Å². The molecule has 0 unspecified atom stereocenters. The topological polar surface area (TPSA) is 101 Å². The van der Waals surface area contributed by atoms with Crippen molar-refractivity contribution in [3.05, 3.63) is 41.8 Å². The van der Waals surface area contributed by atoms with Crippen molar-refractivity contribution >= 4 is 21.7 Å². The fraction of sp³-hybridized carbons (Fsp3) is 0.0909. The van der Waals surface area contributed by atoms with Crippen LogP contribution in [-0.2, 0) is 17.1 Å². The molecule has 0 fully saturated rings. The minimum absolute atomic E-state index is 0.0509. The molecule has 0 aliphatic carbocycles. The molecule has 0 bridgehead atoms. The van der Waals surface area contributed by atoms with E-state index in [1.807, 2.05) is 0 Å². The highest BCUT2D eigenvalue weighted by molar-refractivity contribution is 7.92. The Bertz CT molecular complexity index is 770. The minimum atomic E-state index is -3.92. The number of halogens is 1. The standard InChI is InChI=1S/C11H10FN3O4S/c1-15-10(4-5-13-15)20(18,19)14-7-2-3-9(12)8(6-7)11(16)17/h2-6,14H,1H3,(H,16,17). The molecule has 1 aromatic heterocycles. The van der Waals surface area contributed by atoms with Gasteiger partial charge in [0.2, 0.25) is 0 Å². The van der Waals surface area contributed by atoms with E-state index in [0.717, 1.165) is 22.9 Å². The van der Waals surface area contributed by atoms with Crippen LogP contribution in [0.5, 0.6) is 0 Å². The summed E-state index contributed by atoms with van der Waals surface area (Å²) in [5.41, 5.74) is -0.666. The van der Waals surface area contributed by atoms with Crippen LogP contribution in [-0.4, -0.2) is 29.3 Å². The Balaban J connectivity index is 2.38. The molecule has 0 amide bonds. The SMILES string of the molecule is Cn1nccc1S(=O)(=O)Nc1ccc(F)c(C(=O)O)c1. The second kappa shape index (κ2) is 4.93. The van der Waals surface area contributed by atoms with E-state index in [4.69, 9.17) is 5.11 Å². The van der Waals surface area contributed by atoms with Crippen LogP contribution >= 0.6 is 0 Å². The second-order valence-corrected chi connectivity index (χ2v) is 5.53. The van der Waals surface area contributed by atoms with Gasteiger partial charge in [-0.1, -0.05) is 0 Å². The number of hydrogen-bond acceptors (Lipinski definition) is 4. The van der Waals surface area contributed by atoms with Crippen molar-refractivity contribution in [2.45, 2.75) is 5.03 Å². The number of nitrogens with zero attached hydrogens (tertiary/aromatic N) is 2. The summed E-state index contributed by atoms with van der Waals surface area (Å²) < 4.78 is 40.6. The third-order valence-corrected chi connectivity index (χ3v) is 3.96. The molecule has 2 rings (SSSR count). The summed E-state index contributed by atoms with van der Waals surface area (Å²) in [7, 11) is -2.47. The summed E-state index contributed by atoms with van der Waals surface area (Å²) in [6, 6.07) is 4.20. The number of benzene rings is 1. The van der Waals surface area contributed by atoms with Crippen molar-refractivity contribution in [3.8, 4) is 0 Å². The third kappa shape index (κ3) is 2.62.